The van der Waals surface area contributed by atoms with Crippen molar-refractivity contribution in [2.75, 3.05) is 23.9 Å². The number of anilines is 2. The number of aryl methyl sites for hydroxylation is 2. The Morgan fingerprint density at radius 2 is 1.79 bits per heavy atom. The Labute approximate surface area is 84.6 Å². The standard InChI is InChI=1S/C11H16N2O/c1-7-5-8(2)10-9(6-7)12(3)11(14)13(10)4/h5-6,11,14H,1-4H3. The van der Waals surface area contributed by atoms with E-state index in [1.807, 2.05) is 23.9 Å². The zero-order valence-electron chi connectivity index (χ0n) is 9.07. The molecule has 1 aliphatic heterocycles. The van der Waals surface area contributed by atoms with E-state index in [4.69, 9.17) is 0 Å². The van der Waals surface area contributed by atoms with Crippen LogP contribution in [0.3, 0.4) is 0 Å². The summed E-state index contributed by atoms with van der Waals surface area (Å²) >= 11 is 0. The second kappa shape index (κ2) is 2.89. The summed E-state index contributed by atoms with van der Waals surface area (Å²) < 4.78 is 0. The van der Waals surface area contributed by atoms with Crippen LogP contribution in [0.1, 0.15) is 11.1 Å². The highest BCUT2D eigenvalue weighted by molar-refractivity contribution is 5.80. The molecule has 14 heavy (non-hydrogen) atoms. The van der Waals surface area contributed by atoms with Crippen LogP contribution in [-0.2, 0) is 0 Å². The van der Waals surface area contributed by atoms with Gasteiger partial charge in [-0.3, -0.25) is 0 Å². The summed E-state index contributed by atoms with van der Waals surface area (Å²) in [7, 11) is 3.82. The van der Waals surface area contributed by atoms with Crippen LogP contribution in [0.5, 0.6) is 0 Å². The van der Waals surface area contributed by atoms with Crippen molar-refractivity contribution in [1.29, 1.82) is 0 Å². The van der Waals surface area contributed by atoms with Crippen LogP contribution in [0.4, 0.5) is 11.4 Å². The number of hydrogen-bond donors (Lipinski definition) is 1. The number of benzene rings is 1. The molecule has 0 saturated carbocycles. The van der Waals surface area contributed by atoms with Gasteiger partial charge in [-0.25, -0.2) is 0 Å². The molecule has 1 heterocycles. The van der Waals surface area contributed by atoms with E-state index in [0.29, 0.717) is 0 Å². The first kappa shape index (κ1) is 9.34. The summed E-state index contributed by atoms with van der Waals surface area (Å²) in [6.07, 6.45) is -0.537. The molecule has 0 bridgehead atoms. The van der Waals surface area contributed by atoms with Gasteiger partial charge in [-0.05, 0) is 31.0 Å². The van der Waals surface area contributed by atoms with E-state index in [9.17, 15) is 5.11 Å². The highest BCUT2D eigenvalue weighted by atomic mass is 16.3. The number of hydrogen-bond acceptors (Lipinski definition) is 3. The average molecular weight is 192 g/mol. The second-order valence-electron chi connectivity index (χ2n) is 4.02. The van der Waals surface area contributed by atoms with E-state index in [-0.39, 0.29) is 0 Å². The van der Waals surface area contributed by atoms with Gasteiger partial charge in [-0.15, -0.1) is 0 Å². The third-order valence-electron chi connectivity index (χ3n) is 2.85. The third kappa shape index (κ3) is 1.09. The normalized spacial score (nSPS) is 20.2. The van der Waals surface area contributed by atoms with Crippen molar-refractivity contribution in [3.63, 3.8) is 0 Å². The smallest absolute Gasteiger partial charge is 0.207 e. The summed E-state index contributed by atoms with van der Waals surface area (Å²) in [6, 6.07) is 4.25. The molecular weight excluding hydrogens is 176 g/mol. The molecule has 1 aromatic rings. The highest BCUT2D eigenvalue weighted by Gasteiger charge is 2.30. The van der Waals surface area contributed by atoms with Gasteiger partial charge in [0.25, 0.3) is 0 Å². The maximum Gasteiger partial charge on any atom is 0.207 e. The monoisotopic (exact) mass is 192 g/mol. The zero-order chi connectivity index (χ0) is 10.5. The number of aliphatic hydroxyl groups excluding tert-OH is 1. The van der Waals surface area contributed by atoms with Crippen LogP contribution in [0, 0.1) is 13.8 Å². The molecule has 0 fully saturated rings. The number of aliphatic hydroxyl groups is 1. The molecule has 1 unspecified atom stereocenters. The lowest BCUT2D eigenvalue weighted by Gasteiger charge is -2.21. The van der Waals surface area contributed by atoms with Gasteiger partial charge >= 0.3 is 0 Å². The SMILES string of the molecule is Cc1cc(C)c2c(c1)N(C)C(O)N2C. The molecule has 76 valence electrons. The molecule has 0 saturated heterocycles. The molecule has 1 atom stereocenters. The molecule has 1 N–H and O–H groups in total. The van der Waals surface area contributed by atoms with Gasteiger partial charge in [-0.1, -0.05) is 6.07 Å². The van der Waals surface area contributed by atoms with Gasteiger partial charge in [0.1, 0.15) is 0 Å². The van der Waals surface area contributed by atoms with Crippen LogP contribution in [0.2, 0.25) is 0 Å². The van der Waals surface area contributed by atoms with Gasteiger partial charge in [-0.2, -0.15) is 0 Å². The molecule has 1 aliphatic rings. The molecule has 0 amide bonds. The first-order valence-corrected chi connectivity index (χ1v) is 4.77. The lowest BCUT2D eigenvalue weighted by atomic mass is 10.1. The van der Waals surface area contributed by atoms with E-state index < -0.39 is 6.35 Å². The summed E-state index contributed by atoms with van der Waals surface area (Å²) in [5.41, 5.74) is 4.68. The fraction of sp³-hybridized carbons (Fsp3) is 0.455. The van der Waals surface area contributed by atoms with Crippen molar-refractivity contribution in [1.82, 2.24) is 0 Å². The van der Waals surface area contributed by atoms with Crippen LogP contribution in [0.25, 0.3) is 0 Å². The molecule has 2 rings (SSSR count). The Bertz CT molecular complexity index is 376. The van der Waals surface area contributed by atoms with E-state index in [2.05, 4.69) is 26.0 Å². The van der Waals surface area contributed by atoms with Crippen molar-refractivity contribution >= 4 is 11.4 Å². The first-order chi connectivity index (χ1) is 6.52. The largest absolute Gasteiger partial charge is 0.356 e. The van der Waals surface area contributed by atoms with E-state index in [1.54, 1.807) is 0 Å². The molecule has 1 aromatic carbocycles. The third-order valence-corrected chi connectivity index (χ3v) is 2.85. The molecule has 3 nitrogen and oxygen atoms in total. The predicted octanol–water partition coefficient (Wildman–Crippen LogP) is 1.47. The molecule has 3 heteroatoms. The number of nitrogens with zero attached hydrogens (tertiary/aromatic N) is 2. The van der Waals surface area contributed by atoms with Crippen LogP contribution < -0.4 is 9.80 Å². The average Bonchev–Trinajstić information content (AvgIpc) is 2.31. The Morgan fingerprint density at radius 1 is 1.14 bits per heavy atom. The van der Waals surface area contributed by atoms with Crippen molar-refractivity contribution in [3.8, 4) is 0 Å². The zero-order valence-corrected chi connectivity index (χ0v) is 9.07. The summed E-state index contributed by atoms with van der Waals surface area (Å²) in [6.45, 7) is 4.15. The van der Waals surface area contributed by atoms with E-state index in [1.165, 1.54) is 11.1 Å². The Balaban J connectivity index is 2.63. The predicted molar refractivity (Wildman–Crippen MR) is 58.7 cm³/mol. The minimum absolute atomic E-state index is 0.537. The van der Waals surface area contributed by atoms with Gasteiger partial charge in [0.05, 0.1) is 11.4 Å². The minimum atomic E-state index is -0.537. The fourth-order valence-corrected chi connectivity index (χ4v) is 2.16. The molecule has 0 radical (unpaired) electrons. The van der Waals surface area contributed by atoms with Crippen molar-refractivity contribution in [3.05, 3.63) is 23.3 Å². The maximum absolute atomic E-state index is 9.85. The Kier molecular flexibility index (Phi) is 1.93. The highest BCUT2D eigenvalue weighted by Crippen LogP contribution is 2.39. The van der Waals surface area contributed by atoms with Crippen LogP contribution in [0.15, 0.2) is 12.1 Å². The Morgan fingerprint density at radius 3 is 2.43 bits per heavy atom. The first-order valence-electron chi connectivity index (χ1n) is 4.77. The Hall–Kier alpha value is -1.22. The summed E-state index contributed by atoms with van der Waals surface area (Å²) in [5.74, 6) is 0. The maximum atomic E-state index is 9.85. The van der Waals surface area contributed by atoms with Crippen molar-refractivity contribution < 1.29 is 5.11 Å². The van der Waals surface area contributed by atoms with Crippen molar-refractivity contribution in [2.45, 2.75) is 20.2 Å². The fourth-order valence-electron chi connectivity index (χ4n) is 2.16. The van der Waals surface area contributed by atoms with Gasteiger partial charge < -0.3 is 14.9 Å². The van der Waals surface area contributed by atoms with Crippen LogP contribution in [-0.4, -0.2) is 25.6 Å². The van der Waals surface area contributed by atoms with Gasteiger partial charge in [0, 0.05) is 14.1 Å². The lowest BCUT2D eigenvalue weighted by Crippen LogP contribution is -2.38. The quantitative estimate of drug-likeness (QED) is 0.674. The van der Waals surface area contributed by atoms with E-state index in [0.717, 1.165) is 11.4 Å². The molecule has 0 aromatic heterocycles. The minimum Gasteiger partial charge on any atom is -0.356 e. The van der Waals surface area contributed by atoms with Crippen LogP contribution >= 0.6 is 0 Å². The molecule has 0 aliphatic carbocycles. The topological polar surface area (TPSA) is 26.7 Å². The summed E-state index contributed by atoms with van der Waals surface area (Å²) in [5, 5.41) is 9.85. The molecule has 0 spiro atoms. The van der Waals surface area contributed by atoms with Gasteiger partial charge in [0.15, 0.2) is 0 Å². The van der Waals surface area contributed by atoms with E-state index >= 15 is 0 Å². The van der Waals surface area contributed by atoms with Gasteiger partial charge in [0.2, 0.25) is 6.35 Å². The summed E-state index contributed by atoms with van der Waals surface area (Å²) in [4.78, 5) is 3.78. The van der Waals surface area contributed by atoms with Crippen molar-refractivity contribution in [2.24, 2.45) is 0 Å². The molecular formula is C11H16N2O. The number of rotatable bonds is 0. The second-order valence-corrected chi connectivity index (χ2v) is 4.02. The lowest BCUT2D eigenvalue weighted by molar-refractivity contribution is 0.183. The number of fused-ring (bicyclic) bond motifs is 1.